The minimum absolute atomic E-state index is 0.375. The van der Waals surface area contributed by atoms with Crippen LogP contribution in [0.3, 0.4) is 0 Å². The third-order valence-electron chi connectivity index (χ3n) is 3.89. The number of hydrogen-bond acceptors (Lipinski definition) is 3. The standard InChI is InChI=1S/C17H27NO2/c1-14(2)16-8-4-5-9-17(16)20-13-15(19)12-18-10-6-3-7-11-18/h4-5,8-9,14-15,19H,3,6-7,10-13H2,1-2H3. The summed E-state index contributed by atoms with van der Waals surface area (Å²) < 4.78 is 5.83. The van der Waals surface area contributed by atoms with Crippen LogP contribution in [0.25, 0.3) is 0 Å². The van der Waals surface area contributed by atoms with Gasteiger partial charge < -0.3 is 14.7 Å². The number of nitrogens with zero attached hydrogens (tertiary/aromatic N) is 1. The third kappa shape index (κ3) is 4.50. The SMILES string of the molecule is CC(C)c1ccccc1OCC(O)CN1CCCCC1. The second-order valence-electron chi connectivity index (χ2n) is 6.02. The highest BCUT2D eigenvalue weighted by atomic mass is 16.5. The number of para-hydroxylation sites is 1. The van der Waals surface area contributed by atoms with E-state index >= 15 is 0 Å². The molecule has 1 atom stereocenters. The molecule has 0 aromatic heterocycles. The summed E-state index contributed by atoms with van der Waals surface area (Å²) >= 11 is 0. The highest BCUT2D eigenvalue weighted by molar-refractivity contribution is 5.35. The van der Waals surface area contributed by atoms with Crippen molar-refractivity contribution in [3.05, 3.63) is 29.8 Å². The van der Waals surface area contributed by atoms with Crippen molar-refractivity contribution in [3.8, 4) is 5.75 Å². The van der Waals surface area contributed by atoms with Gasteiger partial charge in [0.05, 0.1) is 0 Å². The van der Waals surface area contributed by atoms with Crippen molar-refractivity contribution in [2.24, 2.45) is 0 Å². The first-order valence-electron chi connectivity index (χ1n) is 7.79. The van der Waals surface area contributed by atoms with Crippen LogP contribution in [-0.4, -0.2) is 42.4 Å². The second kappa shape index (κ2) is 7.65. The van der Waals surface area contributed by atoms with E-state index in [1.54, 1.807) is 0 Å². The van der Waals surface area contributed by atoms with Gasteiger partial charge in [0, 0.05) is 6.54 Å². The molecule has 0 bridgehead atoms. The van der Waals surface area contributed by atoms with Gasteiger partial charge >= 0.3 is 0 Å². The number of ether oxygens (including phenoxy) is 1. The predicted molar refractivity (Wildman–Crippen MR) is 82.3 cm³/mol. The smallest absolute Gasteiger partial charge is 0.122 e. The molecule has 1 N–H and O–H groups in total. The number of likely N-dealkylation sites (tertiary alicyclic amines) is 1. The molecule has 0 spiro atoms. The van der Waals surface area contributed by atoms with Gasteiger partial charge in [-0.15, -0.1) is 0 Å². The van der Waals surface area contributed by atoms with E-state index in [9.17, 15) is 5.11 Å². The normalized spacial score (nSPS) is 18.2. The average molecular weight is 277 g/mol. The molecule has 0 radical (unpaired) electrons. The fourth-order valence-corrected chi connectivity index (χ4v) is 2.77. The van der Waals surface area contributed by atoms with E-state index in [0.717, 1.165) is 25.4 Å². The van der Waals surface area contributed by atoms with Crippen molar-refractivity contribution in [2.75, 3.05) is 26.2 Å². The molecular weight excluding hydrogens is 250 g/mol. The van der Waals surface area contributed by atoms with Crippen LogP contribution in [0.15, 0.2) is 24.3 Å². The van der Waals surface area contributed by atoms with E-state index in [1.165, 1.54) is 24.8 Å². The first-order valence-corrected chi connectivity index (χ1v) is 7.79. The fourth-order valence-electron chi connectivity index (χ4n) is 2.77. The minimum atomic E-state index is -0.409. The molecule has 0 saturated carbocycles. The van der Waals surface area contributed by atoms with Crippen LogP contribution in [0.1, 0.15) is 44.6 Å². The van der Waals surface area contributed by atoms with E-state index in [0.29, 0.717) is 12.5 Å². The monoisotopic (exact) mass is 277 g/mol. The summed E-state index contributed by atoms with van der Waals surface area (Å²) in [4.78, 5) is 2.34. The first kappa shape index (κ1) is 15.3. The van der Waals surface area contributed by atoms with E-state index in [4.69, 9.17) is 4.74 Å². The molecule has 1 aliphatic heterocycles. The van der Waals surface area contributed by atoms with Gasteiger partial charge in [0.2, 0.25) is 0 Å². The Morgan fingerprint density at radius 2 is 1.85 bits per heavy atom. The molecule has 20 heavy (non-hydrogen) atoms. The summed E-state index contributed by atoms with van der Waals surface area (Å²) in [5.41, 5.74) is 1.21. The van der Waals surface area contributed by atoms with Crippen LogP contribution in [0.5, 0.6) is 5.75 Å². The van der Waals surface area contributed by atoms with Gasteiger partial charge in [0.25, 0.3) is 0 Å². The van der Waals surface area contributed by atoms with Gasteiger partial charge in [-0.3, -0.25) is 0 Å². The quantitative estimate of drug-likeness (QED) is 0.867. The lowest BCUT2D eigenvalue weighted by Crippen LogP contribution is -2.38. The first-order chi connectivity index (χ1) is 9.66. The molecule has 0 amide bonds. The Kier molecular flexibility index (Phi) is 5.86. The number of rotatable bonds is 6. The molecule has 3 nitrogen and oxygen atoms in total. The van der Waals surface area contributed by atoms with E-state index in [-0.39, 0.29) is 0 Å². The minimum Gasteiger partial charge on any atom is -0.491 e. The van der Waals surface area contributed by atoms with Crippen LogP contribution in [0.4, 0.5) is 0 Å². The van der Waals surface area contributed by atoms with Crippen molar-refractivity contribution >= 4 is 0 Å². The van der Waals surface area contributed by atoms with Gasteiger partial charge in [0.15, 0.2) is 0 Å². The highest BCUT2D eigenvalue weighted by Crippen LogP contribution is 2.25. The van der Waals surface area contributed by atoms with Crippen molar-refractivity contribution in [1.82, 2.24) is 4.90 Å². The summed E-state index contributed by atoms with van der Waals surface area (Å²) in [6.07, 6.45) is 3.42. The summed E-state index contributed by atoms with van der Waals surface area (Å²) in [5, 5.41) is 10.1. The topological polar surface area (TPSA) is 32.7 Å². The molecule has 1 aromatic rings. The number of benzene rings is 1. The third-order valence-corrected chi connectivity index (χ3v) is 3.89. The van der Waals surface area contributed by atoms with Crippen molar-refractivity contribution in [1.29, 1.82) is 0 Å². The molecule has 1 aliphatic rings. The zero-order chi connectivity index (χ0) is 14.4. The van der Waals surface area contributed by atoms with Crippen LogP contribution in [0, 0.1) is 0 Å². The molecule has 1 saturated heterocycles. The molecule has 1 unspecified atom stereocenters. The van der Waals surface area contributed by atoms with Crippen LogP contribution in [-0.2, 0) is 0 Å². The maximum Gasteiger partial charge on any atom is 0.122 e. The zero-order valence-electron chi connectivity index (χ0n) is 12.7. The van der Waals surface area contributed by atoms with Crippen molar-refractivity contribution in [3.63, 3.8) is 0 Å². The lowest BCUT2D eigenvalue weighted by Gasteiger charge is -2.28. The summed E-state index contributed by atoms with van der Waals surface area (Å²) in [6, 6.07) is 8.10. The van der Waals surface area contributed by atoms with Gasteiger partial charge in [-0.2, -0.15) is 0 Å². The number of aliphatic hydroxyl groups is 1. The highest BCUT2D eigenvalue weighted by Gasteiger charge is 2.15. The Balaban J connectivity index is 1.82. The van der Waals surface area contributed by atoms with Crippen LogP contribution >= 0.6 is 0 Å². The van der Waals surface area contributed by atoms with Gasteiger partial charge in [-0.05, 0) is 43.5 Å². The summed E-state index contributed by atoms with van der Waals surface area (Å²) in [6.45, 7) is 7.64. The summed E-state index contributed by atoms with van der Waals surface area (Å²) in [5.74, 6) is 1.34. The number of aliphatic hydroxyl groups excluding tert-OH is 1. The Labute approximate surface area is 122 Å². The Morgan fingerprint density at radius 3 is 2.55 bits per heavy atom. The van der Waals surface area contributed by atoms with E-state index < -0.39 is 6.10 Å². The zero-order valence-corrected chi connectivity index (χ0v) is 12.7. The predicted octanol–water partition coefficient (Wildman–Crippen LogP) is 3.04. The molecule has 3 heteroatoms. The molecule has 0 aliphatic carbocycles. The van der Waals surface area contributed by atoms with E-state index in [2.05, 4.69) is 24.8 Å². The molecular formula is C17H27NO2. The lowest BCUT2D eigenvalue weighted by atomic mass is 10.0. The Morgan fingerprint density at radius 1 is 1.15 bits per heavy atom. The largest absolute Gasteiger partial charge is 0.491 e. The molecule has 1 aromatic carbocycles. The Bertz CT molecular complexity index is 400. The maximum absolute atomic E-state index is 10.1. The molecule has 1 fully saturated rings. The molecule has 2 rings (SSSR count). The molecule has 112 valence electrons. The van der Waals surface area contributed by atoms with Crippen molar-refractivity contribution < 1.29 is 9.84 Å². The van der Waals surface area contributed by atoms with Crippen LogP contribution < -0.4 is 4.74 Å². The lowest BCUT2D eigenvalue weighted by molar-refractivity contribution is 0.0613. The second-order valence-corrected chi connectivity index (χ2v) is 6.02. The average Bonchev–Trinajstić information content (AvgIpc) is 2.46. The van der Waals surface area contributed by atoms with E-state index in [1.807, 2.05) is 18.2 Å². The van der Waals surface area contributed by atoms with Gasteiger partial charge in [-0.1, -0.05) is 38.5 Å². The number of hydrogen-bond donors (Lipinski definition) is 1. The number of piperidine rings is 1. The maximum atomic E-state index is 10.1. The summed E-state index contributed by atoms with van der Waals surface area (Å²) in [7, 11) is 0. The van der Waals surface area contributed by atoms with Crippen molar-refractivity contribution in [2.45, 2.75) is 45.1 Å². The number of β-amino-alcohol motifs (C(OH)–C–C–N with tert-alkyl or cyclic N) is 1. The van der Waals surface area contributed by atoms with Gasteiger partial charge in [-0.25, -0.2) is 0 Å². The molecule has 1 heterocycles. The Hall–Kier alpha value is -1.06. The van der Waals surface area contributed by atoms with Gasteiger partial charge in [0.1, 0.15) is 18.5 Å². The fraction of sp³-hybridized carbons (Fsp3) is 0.647. The van der Waals surface area contributed by atoms with Crippen LogP contribution in [0.2, 0.25) is 0 Å².